The average molecular weight is 323 g/mol. The van der Waals surface area contributed by atoms with Crippen LogP contribution >= 0.6 is 23.2 Å². The van der Waals surface area contributed by atoms with Crippen LogP contribution < -0.4 is 10.5 Å². The summed E-state index contributed by atoms with van der Waals surface area (Å²) in [5.41, 5.74) is 7.42. The van der Waals surface area contributed by atoms with Gasteiger partial charge in [-0.05, 0) is 31.2 Å². The number of nitrogen functional groups attached to an aromatic ring is 1. The number of ether oxygens (including phenoxy) is 1. The van der Waals surface area contributed by atoms with Crippen molar-refractivity contribution in [1.29, 1.82) is 0 Å². The second-order valence-electron chi connectivity index (χ2n) is 4.61. The molecule has 1 heterocycles. The molecule has 0 saturated carbocycles. The molecule has 2 aromatic carbocycles. The number of anilines is 1. The molecule has 0 bridgehead atoms. The van der Waals surface area contributed by atoms with Crippen LogP contribution in [0.5, 0.6) is 5.75 Å². The molecule has 0 radical (unpaired) electrons. The van der Waals surface area contributed by atoms with Gasteiger partial charge in [-0.3, -0.25) is 0 Å². The Morgan fingerprint density at radius 1 is 1.24 bits per heavy atom. The number of aromatic nitrogens is 1. The molecule has 0 amide bonds. The summed E-state index contributed by atoms with van der Waals surface area (Å²) in [6, 6.07) is 10.5. The summed E-state index contributed by atoms with van der Waals surface area (Å²) in [6.45, 7) is 1.84. The molecule has 0 spiro atoms. The highest BCUT2D eigenvalue weighted by atomic mass is 35.5. The summed E-state index contributed by atoms with van der Waals surface area (Å²) in [4.78, 5) is 4.37. The van der Waals surface area contributed by atoms with Crippen molar-refractivity contribution in [2.45, 2.75) is 13.0 Å². The molecule has 3 aromatic rings. The van der Waals surface area contributed by atoms with Gasteiger partial charge in [0.15, 0.2) is 11.7 Å². The van der Waals surface area contributed by atoms with Crippen LogP contribution in [0.15, 0.2) is 40.8 Å². The lowest BCUT2D eigenvalue weighted by Crippen LogP contribution is -2.03. The monoisotopic (exact) mass is 322 g/mol. The van der Waals surface area contributed by atoms with Gasteiger partial charge in [-0.25, -0.2) is 4.98 Å². The summed E-state index contributed by atoms with van der Waals surface area (Å²) < 4.78 is 11.4. The summed E-state index contributed by atoms with van der Waals surface area (Å²) in [5.74, 6) is 1.10. The van der Waals surface area contributed by atoms with Gasteiger partial charge >= 0.3 is 0 Å². The second-order valence-corrected chi connectivity index (χ2v) is 5.45. The molecular weight excluding hydrogens is 311 g/mol. The van der Waals surface area contributed by atoms with E-state index in [0.29, 0.717) is 38.5 Å². The van der Waals surface area contributed by atoms with Crippen molar-refractivity contribution in [2.75, 3.05) is 5.73 Å². The zero-order valence-electron chi connectivity index (χ0n) is 11.1. The Morgan fingerprint density at radius 3 is 2.81 bits per heavy atom. The molecule has 3 rings (SSSR count). The highest BCUT2D eigenvalue weighted by Gasteiger charge is 2.16. The molecule has 0 aliphatic heterocycles. The Morgan fingerprint density at radius 2 is 2.05 bits per heavy atom. The van der Waals surface area contributed by atoms with E-state index in [0.717, 1.165) is 0 Å². The summed E-state index contributed by atoms with van der Waals surface area (Å²) in [7, 11) is 0. The maximum absolute atomic E-state index is 5.97. The summed E-state index contributed by atoms with van der Waals surface area (Å²) in [6.07, 6.45) is -0.365. The maximum atomic E-state index is 5.97. The van der Waals surface area contributed by atoms with Crippen molar-refractivity contribution in [3.63, 3.8) is 0 Å². The van der Waals surface area contributed by atoms with E-state index in [-0.39, 0.29) is 6.10 Å². The smallest absolute Gasteiger partial charge is 0.236 e. The van der Waals surface area contributed by atoms with Gasteiger partial charge in [-0.1, -0.05) is 29.3 Å². The Balaban J connectivity index is 1.89. The second kappa shape index (κ2) is 5.47. The van der Waals surface area contributed by atoms with Crippen molar-refractivity contribution in [1.82, 2.24) is 4.98 Å². The van der Waals surface area contributed by atoms with Crippen molar-refractivity contribution >= 4 is 40.0 Å². The fourth-order valence-electron chi connectivity index (χ4n) is 1.95. The van der Waals surface area contributed by atoms with Crippen LogP contribution in [0.3, 0.4) is 0 Å². The zero-order valence-corrected chi connectivity index (χ0v) is 12.7. The molecule has 0 saturated heterocycles. The first-order valence-electron chi connectivity index (χ1n) is 6.30. The van der Waals surface area contributed by atoms with E-state index in [2.05, 4.69) is 4.98 Å². The number of oxazole rings is 1. The first-order valence-corrected chi connectivity index (χ1v) is 7.06. The molecule has 4 nitrogen and oxygen atoms in total. The number of fused-ring (bicyclic) bond motifs is 1. The Kier molecular flexibility index (Phi) is 3.66. The van der Waals surface area contributed by atoms with Crippen LogP contribution in [-0.2, 0) is 0 Å². The minimum absolute atomic E-state index is 0.365. The number of nitrogens with zero attached hydrogens (tertiary/aromatic N) is 1. The third-order valence-electron chi connectivity index (χ3n) is 2.98. The first-order chi connectivity index (χ1) is 10.0. The van der Waals surface area contributed by atoms with E-state index in [4.69, 9.17) is 38.1 Å². The summed E-state index contributed by atoms with van der Waals surface area (Å²) in [5, 5.41) is 1.06. The third kappa shape index (κ3) is 2.91. The predicted molar refractivity (Wildman–Crippen MR) is 83.9 cm³/mol. The van der Waals surface area contributed by atoms with Gasteiger partial charge in [0.2, 0.25) is 5.89 Å². The third-order valence-corrected chi connectivity index (χ3v) is 3.54. The van der Waals surface area contributed by atoms with Crippen LogP contribution in [-0.4, -0.2) is 4.98 Å². The van der Waals surface area contributed by atoms with Crippen LogP contribution in [0, 0.1) is 0 Å². The van der Waals surface area contributed by atoms with Gasteiger partial charge in [0.1, 0.15) is 11.3 Å². The molecule has 2 N–H and O–H groups in total. The van der Waals surface area contributed by atoms with E-state index in [1.807, 2.05) is 19.1 Å². The Bertz CT molecular complexity index is 762. The molecule has 6 heteroatoms. The first kappa shape index (κ1) is 14.0. The van der Waals surface area contributed by atoms with Crippen molar-refractivity contribution < 1.29 is 9.15 Å². The fourth-order valence-corrected chi connectivity index (χ4v) is 2.29. The predicted octanol–water partition coefficient (Wildman–Crippen LogP) is 4.86. The van der Waals surface area contributed by atoms with Gasteiger partial charge < -0.3 is 14.9 Å². The average Bonchev–Trinajstić information content (AvgIpc) is 2.82. The van der Waals surface area contributed by atoms with Gasteiger partial charge in [0.25, 0.3) is 0 Å². The molecule has 0 aliphatic rings. The van der Waals surface area contributed by atoms with Crippen molar-refractivity contribution in [2.24, 2.45) is 0 Å². The number of rotatable bonds is 3. The lowest BCUT2D eigenvalue weighted by Gasteiger charge is -2.11. The number of hydrogen-bond acceptors (Lipinski definition) is 4. The molecule has 21 heavy (non-hydrogen) atoms. The van der Waals surface area contributed by atoms with Gasteiger partial charge in [0, 0.05) is 11.1 Å². The fraction of sp³-hybridized carbons (Fsp3) is 0.133. The van der Waals surface area contributed by atoms with Gasteiger partial charge in [-0.2, -0.15) is 0 Å². The molecule has 0 aliphatic carbocycles. The van der Waals surface area contributed by atoms with E-state index in [1.165, 1.54) is 0 Å². The van der Waals surface area contributed by atoms with Crippen LogP contribution in [0.4, 0.5) is 5.69 Å². The van der Waals surface area contributed by atoms with Gasteiger partial charge in [-0.15, -0.1) is 0 Å². The lowest BCUT2D eigenvalue weighted by molar-refractivity contribution is 0.192. The van der Waals surface area contributed by atoms with Crippen LogP contribution in [0.2, 0.25) is 10.0 Å². The van der Waals surface area contributed by atoms with E-state index in [1.54, 1.807) is 24.3 Å². The topological polar surface area (TPSA) is 61.3 Å². The minimum Gasteiger partial charge on any atom is -0.481 e. The Labute approximate surface area is 131 Å². The van der Waals surface area contributed by atoms with E-state index in [9.17, 15) is 0 Å². The number of nitrogens with two attached hydrogens (primary N) is 1. The van der Waals surface area contributed by atoms with Crippen molar-refractivity contribution in [3.8, 4) is 5.75 Å². The maximum Gasteiger partial charge on any atom is 0.236 e. The molecule has 1 atom stereocenters. The van der Waals surface area contributed by atoms with Crippen LogP contribution in [0.1, 0.15) is 18.9 Å². The molecule has 108 valence electrons. The summed E-state index contributed by atoms with van der Waals surface area (Å²) >= 11 is 11.9. The zero-order chi connectivity index (χ0) is 15.0. The largest absolute Gasteiger partial charge is 0.481 e. The number of halogens is 2. The number of hydrogen-bond donors (Lipinski definition) is 1. The normalized spacial score (nSPS) is 12.5. The Hall–Kier alpha value is -1.91. The van der Waals surface area contributed by atoms with Gasteiger partial charge in [0.05, 0.1) is 10.7 Å². The quantitative estimate of drug-likeness (QED) is 0.699. The van der Waals surface area contributed by atoms with E-state index >= 15 is 0 Å². The minimum atomic E-state index is -0.365. The molecule has 1 unspecified atom stereocenters. The number of benzene rings is 2. The highest BCUT2D eigenvalue weighted by Crippen LogP contribution is 2.29. The molecule has 0 fully saturated rings. The standard InChI is InChI=1S/C15H12Cl2N2O2/c1-8(20-10-4-2-3-9(16)5-10)15-19-13-6-11(17)12(18)7-14(13)21-15/h2-8H,18H2,1H3. The van der Waals surface area contributed by atoms with E-state index < -0.39 is 0 Å². The van der Waals surface area contributed by atoms with Crippen molar-refractivity contribution in [3.05, 3.63) is 52.3 Å². The molecular formula is C15H12Cl2N2O2. The highest BCUT2D eigenvalue weighted by molar-refractivity contribution is 6.33. The SMILES string of the molecule is CC(Oc1cccc(Cl)c1)c1nc2cc(Cl)c(N)cc2o1. The van der Waals surface area contributed by atoms with Crippen LogP contribution in [0.25, 0.3) is 11.1 Å². The molecule has 1 aromatic heterocycles. The lowest BCUT2D eigenvalue weighted by atomic mass is 10.3.